The summed E-state index contributed by atoms with van der Waals surface area (Å²) in [6.45, 7) is 1.29. The van der Waals surface area contributed by atoms with Gasteiger partial charge in [-0.2, -0.15) is 13.2 Å². The first-order valence-corrected chi connectivity index (χ1v) is 8.86. The van der Waals surface area contributed by atoms with E-state index in [4.69, 9.17) is 4.74 Å². The summed E-state index contributed by atoms with van der Waals surface area (Å²) < 4.78 is 44.2. The van der Waals surface area contributed by atoms with Crippen molar-refractivity contribution in [3.63, 3.8) is 0 Å². The molecule has 1 saturated heterocycles. The SMILES string of the molecule is O=C(CCc1cccnc1)N1CCOC(Cc2cccc(C(F)(F)F)c2)C1. The Morgan fingerprint density at radius 2 is 2.04 bits per heavy atom. The van der Waals surface area contributed by atoms with Crippen molar-refractivity contribution in [2.75, 3.05) is 19.7 Å². The van der Waals surface area contributed by atoms with Gasteiger partial charge in [-0.1, -0.05) is 24.3 Å². The van der Waals surface area contributed by atoms with Crippen LogP contribution in [0.4, 0.5) is 13.2 Å². The monoisotopic (exact) mass is 378 g/mol. The molecule has 4 nitrogen and oxygen atoms in total. The lowest BCUT2D eigenvalue weighted by Gasteiger charge is -2.33. The predicted molar refractivity (Wildman–Crippen MR) is 94.0 cm³/mol. The van der Waals surface area contributed by atoms with Crippen molar-refractivity contribution in [2.45, 2.75) is 31.5 Å². The number of aromatic nitrogens is 1. The number of carbonyl (C=O) groups is 1. The molecule has 0 bridgehead atoms. The number of hydrogen-bond acceptors (Lipinski definition) is 3. The molecule has 1 amide bonds. The third-order valence-electron chi connectivity index (χ3n) is 4.56. The molecule has 3 rings (SSSR count). The topological polar surface area (TPSA) is 42.4 Å². The zero-order valence-corrected chi connectivity index (χ0v) is 14.8. The van der Waals surface area contributed by atoms with Gasteiger partial charge in [0.1, 0.15) is 0 Å². The smallest absolute Gasteiger partial charge is 0.374 e. The van der Waals surface area contributed by atoms with Crippen LogP contribution in [0.5, 0.6) is 0 Å². The molecule has 1 aromatic carbocycles. The molecule has 1 aliphatic rings. The Morgan fingerprint density at radius 1 is 1.22 bits per heavy atom. The minimum absolute atomic E-state index is 0.0243. The van der Waals surface area contributed by atoms with E-state index < -0.39 is 11.7 Å². The van der Waals surface area contributed by atoms with Crippen LogP contribution >= 0.6 is 0 Å². The Labute approximate surface area is 156 Å². The van der Waals surface area contributed by atoms with Gasteiger partial charge in [0, 0.05) is 38.3 Å². The van der Waals surface area contributed by atoms with E-state index in [1.807, 2.05) is 12.1 Å². The number of aryl methyl sites for hydroxylation is 1. The van der Waals surface area contributed by atoms with E-state index in [0.717, 1.165) is 17.7 Å². The molecule has 0 saturated carbocycles. The van der Waals surface area contributed by atoms with Crippen LogP contribution in [0.1, 0.15) is 23.1 Å². The first-order valence-electron chi connectivity index (χ1n) is 8.86. The number of hydrogen-bond donors (Lipinski definition) is 0. The fourth-order valence-corrected chi connectivity index (χ4v) is 3.16. The Hall–Kier alpha value is -2.41. The second-order valence-electron chi connectivity index (χ2n) is 6.60. The number of morpholine rings is 1. The van der Waals surface area contributed by atoms with Crippen LogP contribution in [0.2, 0.25) is 0 Å². The van der Waals surface area contributed by atoms with Crippen molar-refractivity contribution in [3.05, 3.63) is 65.5 Å². The second kappa shape index (κ2) is 8.52. The van der Waals surface area contributed by atoms with Crippen molar-refractivity contribution < 1.29 is 22.7 Å². The summed E-state index contributed by atoms with van der Waals surface area (Å²) >= 11 is 0. The highest BCUT2D eigenvalue weighted by atomic mass is 19.4. The quantitative estimate of drug-likeness (QED) is 0.800. The summed E-state index contributed by atoms with van der Waals surface area (Å²) in [5.74, 6) is 0.0243. The Balaban J connectivity index is 1.55. The third kappa shape index (κ3) is 5.53. The van der Waals surface area contributed by atoms with E-state index >= 15 is 0 Å². The van der Waals surface area contributed by atoms with E-state index in [0.29, 0.717) is 44.5 Å². The van der Waals surface area contributed by atoms with Crippen LogP contribution in [0.3, 0.4) is 0 Å². The highest BCUT2D eigenvalue weighted by Gasteiger charge is 2.31. The van der Waals surface area contributed by atoms with Crippen LogP contribution in [0.25, 0.3) is 0 Å². The van der Waals surface area contributed by atoms with Gasteiger partial charge in [-0.3, -0.25) is 9.78 Å². The number of benzene rings is 1. The average Bonchev–Trinajstić information content (AvgIpc) is 2.67. The molecule has 1 aromatic heterocycles. The minimum atomic E-state index is -4.36. The maximum atomic E-state index is 12.9. The molecule has 144 valence electrons. The zero-order chi connectivity index (χ0) is 19.3. The summed E-state index contributed by atoms with van der Waals surface area (Å²) in [5.41, 5.74) is 0.888. The Bertz CT molecular complexity index is 765. The van der Waals surface area contributed by atoms with Crippen molar-refractivity contribution >= 4 is 5.91 Å². The number of amides is 1. The lowest BCUT2D eigenvalue weighted by Crippen LogP contribution is -2.46. The molecule has 2 aromatic rings. The fraction of sp³-hybridized carbons (Fsp3) is 0.400. The van der Waals surface area contributed by atoms with Gasteiger partial charge in [0.05, 0.1) is 18.3 Å². The molecule has 7 heteroatoms. The normalized spacial score (nSPS) is 17.7. The van der Waals surface area contributed by atoms with Crippen molar-refractivity contribution in [3.8, 4) is 0 Å². The number of halogens is 3. The maximum absolute atomic E-state index is 12.9. The standard InChI is InChI=1S/C20H21F3N2O2/c21-20(22,23)17-5-1-3-16(11-17)12-18-14-25(9-10-27-18)19(26)7-6-15-4-2-8-24-13-15/h1-5,8,11,13,18H,6-7,9-10,12,14H2. The lowest BCUT2D eigenvalue weighted by atomic mass is 10.0. The fourth-order valence-electron chi connectivity index (χ4n) is 3.16. The van der Waals surface area contributed by atoms with Gasteiger partial charge >= 0.3 is 6.18 Å². The van der Waals surface area contributed by atoms with Crippen LogP contribution in [0, 0.1) is 0 Å². The number of pyridine rings is 1. The van der Waals surface area contributed by atoms with Gasteiger partial charge in [-0.25, -0.2) is 0 Å². The number of nitrogens with zero attached hydrogens (tertiary/aromatic N) is 2. The zero-order valence-electron chi connectivity index (χ0n) is 14.8. The largest absolute Gasteiger partial charge is 0.416 e. The Kier molecular flexibility index (Phi) is 6.11. The van der Waals surface area contributed by atoms with Crippen molar-refractivity contribution in [1.29, 1.82) is 0 Å². The average molecular weight is 378 g/mol. The van der Waals surface area contributed by atoms with Crippen molar-refractivity contribution in [1.82, 2.24) is 9.88 Å². The van der Waals surface area contributed by atoms with E-state index in [1.165, 1.54) is 6.07 Å². The van der Waals surface area contributed by atoms with E-state index in [1.54, 1.807) is 23.4 Å². The maximum Gasteiger partial charge on any atom is 0.416 e. The number of carbonyl (C=O) groups excluding carboxylic acids is 1. The van der Waals surface area contributed by atoms with Gasteiger partial charge < -0.3 is 9.64 Å². The summed E-state index contributed by atoms with van der Waals surface area (Å²) in [7, 11) is 0. The van der Waals surface area contributed by atoms with Crippen LogP contribution in [-0.4, -0.2) is 41.6 Å². The molecule has 27 heavy (non-hydrogen) atoms. The molecule has 1 aliphatic heterocycles. The first-order chi connectivity index (χ1) is 12.9. The van der Waals surface area contributed by atoms with E-state index in [2.05, 4.69) is 4.98 Å². The summed E-state index contributed by atoms with van der Waals surface area (Å²) in [4.78, 5) is 18.2. The highest BCUT2D eigenvalue weighted by Crippen LogP contribution is 2.30. The molecular weight excluding hydrogens is 357 g/mol. The molecular formula is C20H21F3N2O2. The summed E-state index contributed by atoms with van der Waals surface area (Å²) in [5, 5.41) is 0. The highest BCUT2D eigenvalue weighted by molar-refractivity contribution is 5.76. The van der Waals surface area contributed by atoms with Crippen LogP contribution in [0.15, 0.2) is 48.8 Å². The molecule has 1 fully saturated rings. The predicted octanol–water partition coefficient (Wildman–Crippen LogP) is 3.50. The summed E-state index contributed by atoms with van der Waals surface area (Å²) in [6, 6.07) is 9.02. The van der Waals surface area contributed by atoms with E-state index in [9.17, 15) is 18.0 Å². The molecule has 0 radical (unpaired) electrons. The minimum Gasteiger partial charge on any atom is -0.374 e. The van der Waals surface area contributed by atoms with Gasteiger partial charge in [-0.15, -0.1) is 0 Å². The van der Waals surface area contributed by atoms with Gasteiger partial charge in [0.15, 0.2) is 0 Å². The van der Waals surface area contributed by atoms with Crippen LogP contribution < -0.4 is 0 Å². The molecule has 0 N–H and O–H groups in total. The Morgan fingerprint density at radius 3 is 2.78 bits per heavy atom. The van der Waals surface area contributed by atoms with Gasteiger partial charge in [0.25, 0.3) is 0 Å². The second-order valence-corrected chi connectivity index (χ2v) is 6.60. The van der Waals surface area contributed by atoms with Gasteiger partial charge in [-0.05, 0) is 29.7 Å². The molecule has 1 unspecified atom stereocenters. The van der Waals surface area contributed by atoms with E-state index in [-0.39, 0.29) is 12.0 Å². The third-order valence-corrected chi connectivity index (χ3v) is 4.56. The van der Waals surface area contributed by atoms with Gasteiger partial charge in [0.2, 0.25) is 5.91 Å². The number of rotatable bonds is 5. The summed E-state index contributed by atoms with van der Waals surface area (Å²) in [6.07, 6.45) is 0.0946. The number of ether oxygens (including phenoxy) is 1. The molecule has 1 atom stereocenters. The first kappa shape index (κ1) is 19.4. The molecule has 0 aliphatic carbocycles. The number of alkyl halides is 3. The lowest BCUT2D eigenvalue weighted by molar-refractivity contribution is -0.138. The molecule has 2 heterocycles. The van der Waals surface area contributed by atoms with Crippen LogP contribution in [-0.2, 0) is 28.5 Å². The molecule has 0 spiro atoms. The van der Waals surface area contributed by atoms with Crippen molar-refractivity contribution in [2.24, 2.45) is 0 Å².